The molecule has 2 rings (SSSR count). The molecule has 0 saturated heterocycles. The first-order valence-corrected chi connectivity index (χ1v) is 5.99. The van der Waals surface area contributed by atoms with Crippen molar-refractivity contribution in [3.63, 3.8) is 0 Å². The fourth-order valence-electron chi connectivity index (χ4n) is 1.92. The van der Waals surface area contributed by atoms with Gasteiger partial charge >= 0.3 is 5.97 Å². The zero-order valence-electron chi connectivity index (χ0n) is 11.3. The lowest BCUT2D eigenvalue weighted by atomic mass is 10.1. The summed E-state index contributed by atoms with van der Waals surface area (Å²) in [7, 11) is 3.22. The highest BCUT2D eigenvalue weighted by atomic mass is 16.5. The van der Waals surface area contributed by atoms with Crippen LogP contribution in [-0.2, 0) is 16.6 Å². The van der Waals surface area contributed by atoms with E-state index in [9.17, 15) is 4.79 Å². The molecule has 1 aromatic carbocycles. The lowest BCUT2D eigenvalue weighted by Gasteiger charge is -2.18. The van der Waals surface area contributed by atoms with E-state index in [1.807, 2.05) is 38.2 Å². The van der Waals surface area contributed by atoms with Gasteiger partial charge in [0.15, 0.2) is 6.04 Å². The van der Waals surface area contributed by atoms with E-state index in [0.29, 0.717) is 0 Å². The van der Waals surface area contributed by atoms with Gasteiger partial charge < -0.3 is 14.6 Å². The molecule has 5 nitrogen and oxygen atoms in total. The predicted molar refractivity (Wildman–Crippen MR) is 72.8 cm³/mol. The molecule has 0 fully saturated rings. The molecule has 0 spiro atoms. The standard InChI is InChI=1S/C14H17N3O2/c1-10-5-4-6-11(7-10)16-13(14(18)19-3)12-8-15-9-17(12)2/h4-9,13,16H,1-3H3. The summed E-state index contributed by atoms with van der Waals surface area (Å²) in [6, 6.07) is 7.27. The molecule has 0 saturated carbocycles. The number of carbonyl (C=O) groups excluding carboxylic acids is 1. The van der Waals surface area contributed by atoms with Gasteiger partial charge in [-0.1, -0.05) is 12.1 Å². The zero-order valence-corrected chi connectivity index (χ0v) is 11.3. The van der Waals surface area contributed by atoms with Crippen LogP contribution in [0.15, 0.2) is 36.8 Å². The van der Waals surface area contributed by atoms with Crippen LogP contribution in [0.25, 0.3) is 0 Å². The average Bonchev–Trinajstić information content (AvgIpc) is 2.81. The maximum Gasteiger partial charge on any atom is 0.334 e. The number of methoxy groups -OCH3 is 1. The Kier molecular flexibility index (Phi) is 3.85. The van der Waals surface area contributed by atoms with Crippen LogP contribution in [0.5, 0.6) is 0 Å². The van der Waals surface area contributed by atoms with Gasteiger partial charge in [-0.3, -0.25) is 0 Å². The molecule has 1 unspecified atom stereocenters. The summed E-state index contributed by atoms with van der Waals surface area (Å²) in [6.45, 7) is 2.00. The molecule has 0 aliphatic heterocycles. The van der Waals surface area contributed by atoms with E-state index < -0.39 is 6.04 Å². The Bertz CT molecular complexity index is 578. The van der Waals surface area contributed by atoms with Crippen molar-refractivity contribution in [2.45, 2.75) is 13.0 Å². The third-order valence-electron chi connectivity index (χ3n) is 2.92. The quantitative estimate of drug-likeness (QED) is 0.854. The van der Waals surface area contributed by atoms with Gasteiger partial charge in [0.05, 0.1) is 25.3 Å². The highest BCUT2D eigenvalue weighted by molar-refractivity contribution is 5.80. The summed E-state index contributed by atoms with van der Waals surface area (Å²) in [4.78, 5) is 16.0. The number of carbonyl (C=O) groups is 1. The number of imidazole rings is 1. The molecule has 0 radical (unpaired) electrons. The monoisotopic (exact) mass is 259 g/mol. The van der Waals surface area contributed by atoms with Crippen molar-refractivity contribution in [2.24, 2.45) is 7.05 Å². The van der Waals surface area contributed by atoms with Gasteiger partial charge in [0, 0.05) is 12.7 Å². The molecule has 0 amide bonds. The summed E-state index contributed by atoms with van der Waals surface area (Å²) in [5.74, 6) is -0.342. The highest BCUT2D eigenvalue weighted by Gasteiger charge is 2.24. The molecule has 1 heterocycles. The molecular weight excluding hydrogens is 242 g/mol. The lowest BCUT2D eigenvalue weighted by Crippen LogP contribution is -2.24. The molecule has 0 aliphatic carbocycles. The number of anilines is 1. The number of hydrogen-bond donors (Lipinski definition) is 1. The Balaban J connectivity index is 2.29. The molecule has 1 N–H and O–H groups in total. The van der Waals surface area contributed by atoms with Crippen LogP contribution in [0.2, 0.25) is 0 Å². The normalized spacial score (nSPS) is 11.9. The van der Waals surface area contributed by atoms with E-state index >= 15 is 0 Å². The Morgan fingerprint density at radius 1 is 1.47 bits per heavy atom. The predicted octanol–water partition coefficient (Wildman–Crippen LogP) is 2.05. The first-order valence-electron chi connectivity index (χ1n) is 5.99. The third kappa shape index (κ3) is 2.93. The van der Waals surface area contributed by atoms with Gasteiger partial charge in [-0.15, -0.1) is 0 Å². The minimum Gasteiger partial charge on any atom is -0.467 e. The van der Waals surface area contributed by atoms with E-state index in [4.69, 9.17) is 4.74 Å². The third-order valence-corrected chi connectivity index (χ3v) is 2.92. The van der Waals surface area contributed by atoms with E-state index in [1.165, 1.54) is 7.11 Å². The summed E-state index contributed by atoms with van der Waals surface area (Å²) < 4.78 is 6.65. The molecular formula is C14H17N3O2. The average molecular weight is 259 g/mol. The van der Waals surface area contributed by atoms with Crippen LogP contribution in [0, 0.1) is 6.92 Å². The number of esters is 1. The number of nitrogens with one attached hydrogen (secondary N) is 1. The van der Waals surface area contributed by atoms with E-state index in [1.54, 1.807) is 17.1 Å². The van der Waals surface area contributed by atoms with Gasteiger partial charge in [0.25, 0.3) is 0 Å². The van der Waals surface area contributed by atoms with E-state index in [0.717, 1.165) is 16.9 Å². The molecule has 0 aliphatic rings. The molecule has 5 heteroatoms. The molecule has 1 atom stereocenters. The number of benzene rings is 1. The minimum atomic E-state index is -0.570. The van der Waals surface area contributed by atoms with Crippen LogP contribution in [-0.4, -0.2) is 22.6 Å². The topological polar surface area (TPSA) is 56.1 Å². The van der Waals surface area contributed by atoms with Gasteiger partial charge in [-0.25, -0.2) is 9.78 Å². The van der Waals surface area contributed by atoms with Crippen molar-refractivity contribution >= 4 is 11.7 Å². The van der Waals surface area contributed by atoms with Crippen LogP contribution in [0.1, 0.15) is 17.3 Å². The second-order valence-electron chi connectivity index (χ2n) is 4.40. The molecule has 1 aromatic heterocycles. The van der Waals surface area contributed by atoms with E-state index in [-0.39, 0.29) is 5.97 Å². The fourth-order valence-corrected chi connectivity index (χ4v) is 1.92. The Morgan fingerprint density at radius 2 is 2.26 bits per heavy atom. The van der Waals surface area contributed by atoms with Crippen molar-refractivity contribution in [1.82, 2.24) is 9.55 Å². The SMILES string of the molecule is COC(=O)C(Nc1cccc(C)c1)c1cncn1C. The number of aryl methyl sites for hydroxylation is 2. The van der Waals surface area contributed by atoms with Crippen LogP contribution >= 0.6 is 0 Å². The zero-order chi connectivity index (χ0) is 13.8. The van der Waals surface area contributed by atoms with Gasteiger partial charge in [-0.2, -0.15) is 0 Å². The van der Waals surface area contributed by atoms with Crippen molar-refractivity contribution in [1.29, 1.82) is 0 Å². The number of nitrogens with zero attached hydrogens (tertiary/aromatic N) is 2. The van der Waals surface area contributed by atoms with E-state index in [2.05, 4.69) is 10.3 Å². The summed E-state index contributed by atoms with van der Waals surface area (Å²) >= 11 is 0. The molecule has 100 valence electrons. The van der Waals surface area contributed by atoms with Gasteiger partial charge in [0.1, 0.15) is 0 Å². The number of aromatic nitrogens is 2. The largest absolute Gasteiger partial charge is 0.467 e. The Labute approximate surface area is 112 Å². The smallest absolute Gasteiger partial charge is 0.334 e. The summed E-state index contributed by atoms with van der Waals surface area (Å²) in [5, 5.41) is 3.18. The maximum absolute atomic E-state index is 11.9. The number of ether oxygens (including phenoxy) is 1. The van der Waals surface area contributed by atoms with Crippen LogP contribution < -0.4 is 5.32 Å². The summed E-state index contributed by atoms with van der Waals surface area (Å²) in [5.41, 5.74) is 2.75. The minimum absolute atomic E-state index is 0.342. The number of rotatable bonds is 4. The van der Waals surface area contributed by atoms with Crippen LogP contribution in [0.4, 0.5) is 5.69 Å². The van der Waals surface area contributed by atoms with Crippen molar-refractivity contribution < 1.29 is 9.53 Å². The first-order chi connectivity index (χ1) is 9.11. The van der Waals surface area contributed by atoms with Crippen LogP contribution in [0.3, 0.4) is 0 Å². The molecule has 2 aromatic rings. The van der Waals surface area contributed by atoms with Crippen molar-refractivity contribution in [3.8, 4) is 0 Å². The first kappa shape index (κ1) is 13.1. The van der Waals surface area contributed by atoms with Crippen molar-refractivity contribution in [2.75, 3.05) is 12.4 Å². The molecule has 19 heavy (non-hydrogen) atoms. The number of hydrogen-bond acceptors (Lipinski definition) is 4. The maximum atomic E-state index is 11.9. The van der Waals surface area contributed by atoms with Crippen molar-refractivity contribution in [3.05, 3.63) is 48.0 Å². The highest BCUT2D eigenvalue weighted by Crippen LogP contribution is 2.21. The molecule has 0 bridgehead atoms. The Hall–Kier alpha value is -2.30. The Morgan fingerprint density at radius 3 is 2.84 bits per heavy atom. The second-order valence-corrected chi connectivity index (χ2v) is 4.40. The van der Waals surface area contributed by atoms with Gasteiger partial charge in [0.2, 0.25) is 0 Å². The van der Waals surface area contributed by atoms with Gasteiger partial charge in [-0.05, 0) is 24.6 Å². The lowest BCUT2D eigenvalue weighted by molar-refractivity contribution is -0.141. The summed E-state index contributed by atoms with van der Waals surface area (Å²) in [6.07, 6.45) is 3.31. The fraction of sp³-hybridized carbons (Fsp3) is 0.286. The second kappa shape index (κ2) is 5.56.